The molecule has 1 aromatic carbocycles. The van der Waals surface area contributed by atoms with Gasteiger partial charge in [0.05, 0.1) is 0 Å². The van der Waals surface area contributed by atoms with Crippen molar-refractivity contribution in [2.45, 2.75) is 12.3 Å². The van der Waals surface area contributed by atoms with Crippen LogP contribution in [-0.2, 0) is 4.79 Å². The summed E-state index contributed by atoms with van der Waals surface area (Å²) in [6.45, 7) is 0.209. The second-order valence-corrected chi connectivity index (χ2v) is 3.97. The molecule has 0 spiro atoms. The molecule has 0 radical (unpaired) electrons. The Morgan fingerprint density at radius 3 is 2.89 bits per heavy atom. The lowest BCUT2D eigenvalue weighted by Gasteiger charge is -2.04. The highest BCUT2D eigenvalue weighted by molar-refractivity contribution is 5.74. The summed E-state index contributed by atoms with van der Waals surface area (Å²) < 4.78 is 4.96. The first-order valence-corrected chi connectivity index (χ1v) is 5.67. The number of carboxylic acids is 1. The standard InChI is InChI=1S/C12H13N3O4/c13-5-4-9(12(17)18)11-14-10(15-19-11)7-2-1-3-8(16)6-7/h1-3,6,9,16H,4-5,13H2,(H,17,18). The summed E-state index contributed by atoms with van der Waals surface area (Å²) in [5.41, 5.74) is 5.90. The molecule has 1 aromatic heterocycles. The molecule has 1 unspecified atom stereocenters. The maximum atomic E-state index is 11.1. The molecule has 0 aliphatic heterocycles. The van der Waals surface area contributed by atoms with E-state index in [-0.39, 0.29) is 30.4 Å². The van der Waals surface area contributed by atoms with Gasteiger partial charge in [-0.3, -0.25) is 4.79 Å². The second kappa shape index (κ2) is 5.49. The number of aromatic hydroxyl groups is 1. The predicted octanol–water partition coefficient (Wildman–Crippen LogP) is 0.959. The zero-order valence-corrected chi connectivity index (χ0v) is 9.98. The Balaban J connectivity index is 2.30. The number of aromatic nitrogens is 2. The van der Waals surface area contributed by atoms with Gasteiger partial charge in [0.2, 0.25) is 11.7 Å². The Labute approximate surface area is 108 Å². The van der Waals surface area contributed by atoms with Gasteiger partial charge in [-0.1, -0.05) is 17.3 Å². The molecular formula is C12H13N3O4. The molecule has 100 valence electrons. The average Bonchev–Trinajstić information content (AvgIpc) is 2.84. The molecule has 0 bridgehead atoms. The largest absolute Gasteiger partial charge is 0.508 e. The van der Waals surface area contributed by atoms with Crippen LogP contribution in [0, 0.1) is 0 Å². The first kappa shape index (κ1) is 13.0. The lowest BCUT2D eigenvalue weighted by molar-refractivity contribution is -0.139. The summed E-state index contributed by atoms with van der Waals surface area (Å²) in [6.07, 6.45) is 0.219. The van der Waals surface area contributed by atoms with Gasteiger partial charge in [0.25, 0.3) is 0 Å². The Kier molecular flexibility index (Phi) is 3.76. The minimum Gasteiger partial charge on any atom is -0.508 e. The summed E-state index contributed by atoms with van der Waals surface area (Å²) in [6, 6.07) is 6.30. The topological polar surface area (TPSA) is 122 Å². The van der Waals surface area contributed by atoms with Crippen LogP contribution < -0.4 is 5.73 Å². The Bertz CT molecular complexity index is 582. The summed E-state index contributed by atoms with van der Waals surface area (Å²) in [4.78, 5) is 15.1. The monoisotopic (exact) mass is 263 g/mol. The smallest absolute Gasteiger partial charge is 0.316 e. The van der Waals surface area contributed by atoms with Gasteiger partial charge in [-0.25, -0.2) is 0 Å². The SMILES string of the molecule is NCCC(C(=O)O)c1nc(-c2cccc(O)c2)no1. The van der Waals surface area contributed by atoms with Crippen LogP contribution in [0.1, 0.15) is 18.2 Å². The number of phenolic OH excluding ortho intramolecular Hbond substituents is 1. The van der Waals surface area contributed by atoms with Gasteiger partial charge >= 0.3 is 5.97 Å². The number of hydrogen-bond donors (Lipinski definition) is 3. The number of hydrogen-bond acceptors (Lipinski definition) is 6. The van der Waals surface area contributed by atoms with Gasteiger partial charge in [-0.15, -0.1) is 0 Å². The maximum absolute atomic E-state index is 11.1. The Morgan fingerprint density at radius 2 is 2.26 bits per heavy atom. The van der Waals surface area contributed by atoms with E-state index in [1.165, 1.54) is 12.1 Å². The maximum Gasteiger partial charge on any atom is 0.316 e. The zero-order chi connectivity index (χ0) is 13.8. The highest BCUT2D eigenvalue weighted by Gasteiger charge is 2.25. The molecule has 4 N–H and O–H groups in total. The summed E-state index contributed by atoms with van der Waals surface area (Å²) in [5, 5.41) is 22.1. The molecule has 1 atom stereocenters. The molecule has 1 heterocycles. The predicted molar refractivity (Wildman–Crippen MR) is 65.4 cm³/mol. The highest BCUT2D eigenvalue weighted by atomic mass is 16.5. The molecule has 19 heavy (non-hydrogen) atoms. The molecular weight excluding hydrogens is 250 g/mol. The third-order valence-electron chi connectivity index (χ3n) is 2.60. The van der Waals surface area contributed by atoms with Gasteiger partial charge in [-0.05, 0) is 25.1 Å². The lowest BCUT2D eigenvalue weighted by atomic mass is 10.1. The van der Waals surface area contributed by atoms with Gasteiger partial charge < -0.3 is 20.5 Å². The van der Waals surface area contributed by atoms with Crippen LogP contribution >= 0.6 is 0 Å². The molecule has 0 aliphatic carbocycles. The van der Waals surface area contributed by atoms with E-state index in [0.29, 0.717) is 5.56 Å². The number of rotatable bonds is 5. The van der Waals surface area contributed by atoms with E-state index in [1.807, 2.05) is 0 Å². The highest BCUT2D eigenvalue weighted by Crippen LogP contribution is 2.24. The van der Waals surface area contributed by atoms with Crippen molar-refractivity contribution in [3.05, 3.63) is 30.2 Å². The molecule has 2 aromatic rings. The van der Waals surface area contributed by atoms with E-state index in [1.54, 1.807) is 12.1 Å². The normalized spacial score (nSPS) is 12.3. The van der Waals surface area contributed by atoms with Crippen molar-refractivity contribution in [1.82, 2.24) is 10.1 Å². The van der Waals surface area contributed by atoms with Gasteiger partial charge in [0.15, 0.2) is 0 Å². The molecule has 0 fully saturated rings. The summed E-state index contributed by atoms with van der Waals surface area (Å²) >= 11 is 0. The number of benzene rings is 1. The number of aliphatic carboxylic acids is 1. The van der Waals surface area contributed by atoms with Crippen molar-refractivity contribution in [1.29, 1.82) is 0 Å². The molecule has 0 saturated heterocycles. The molecule has 0 aliphatic rings. The summed E-state index contributed by atoms with van der Waals surface area (Å²) in [7, 11) is 0. The first-order chi connectivity index (χ1) is 9.11. The van der Waals surface area contributed by atoms with Gasteiger partial charge in [-0.2, -0.15) is 4.98 Å². The average molecular weight is 263 g/mol. The number of carbonyl (C=O) groups is 1. The Hall–Kier alpha value is -2.41. The molecule has 0 saturated carbocycles. The number of nitrogens with zero attached hydrogens (tertiary/aromatic N) is 2. The van der Waals surface area contributed by atoms with Crippen LogP contribution in [0.4, 0.5) is 0 Å². The molecule has 7 nitrogen and oxygen atoms in total. The van der Waals surface area contributed by atoms with Crippen LogP contribution in [0.3, 0.4) is 0 Å². The summed E-state index contributed by atoms with van der Waals surface area (Å²) in [5.74, 6) is -1.66. The van der Waals surface area contributed by atoms with E-state index >= 15 is 0 Å². The van der Waals surface area contributed by atoms with Crippen LogP contribution in [-0.4, -0.2) is 32.9 Å². The van der Waals surface area contributed by atoms with Crippen molar-refractivity contribution >= 4 is 5.97 Å². The molecule has 7 heteroatoms. The quantitative estimate of drug-likeness (QED) is 0.734. The van der Waals surface area contributed by atoms with E-state index in [0.717, 1.165) is 0 Å². The fourth-order valence-corrected chi connectivity index (χ4v) is 1.66. The number of nitrogens with two attached hydrogens (primary N) is 1. The molecule has 0 amide bonds. The minimum absolute atomic E-state index is 0.0105. The lowest BCUT2D eigenvalue weighted by Crippen LogP contribution is -2.16. The van der Waals surface area contributed by atoms with Crippen molar-refractivity contribution in [3.63, 3.8) is 0 Å². The fourth-order valence-electron chi connectivity index (χ4n) is 1.66. The van der Waals surface area contributed by atoms with Crippen LogP contribution in [0.25, 0.3) is 11.4 Å². The second-order valence-electron chi connectivity index (χ2n) is 3.97. The third kappa shape index (κ3) is 2.89. The molecule has 2 rings (SSSR count). The van der Waals surface area contributed by atoms with Gasteiger partial charge in [0, 0.05) is 5.56 Å². The van der Waals surface area contributed by atoms with E-state index in [9.17, 15) is 9.90 Å². The van der Waals surface area contributed by atoms with E-state index in [2.05, 4.69) is 10.1 Å². The van der Waals surface area contributed by atoms with Crippen molar-refractivity contribution in [2.75, 3.05) is 6.54 Å². The number of phenols is 1. The van der Waals surface area contributed by atoms with Crippen molar-refractivity contribution in [2.24, 2.45) is 5.73 Å². The van der Waals surface area contributed by atoms with Crippen molar-refractivity contribution in [3.8, 4) is 17.1 Å². The minimum atomic E-state index is -1.06. The third-order valence-corrected chi connectivity index (χ3v) is 2.60. The van der Waals surface area contributed by atoms with Crippen molar-refractivity contribution < 1.29 is 19.5 Å². The van der Waals surface area contributed by atoms with Gasteiger partial charge in [0.1, 0.15) is 11.7 Å². The van der Waals surface area contributed by atoms with E-state index < -0.39 is 11.9 Å². The van der Waals surface area contributed by atoms with E-state index in [4.69, 9.17) is 15.4 Å². The first-order valence-electron chi connectivity index (χ1n) is 5.67. The Morgan fingerprint density at radius 1 is 1.47 bits per heavy atom. The van der Waals surface area contributed by atoms with Crippen LogP contribution in [0.5, 0.6) is 5.75 Å². The zero-order valence-electron chi connectivity index (χ0n) is 9.98. The number of carboxylic acid groups (broad SMARTS) is 1. The van der Waals surface area contributed by atoms with Crippen LogP contribution in [0.2, 0.25) is 0 Å². The fraction of sp³-hybridized carbons (Fsp3) is 0.250. The van der Waals surface area contributed by atoms with Crippen LogP contribution in [0.15, 0.2) is 28.8 Å².